The number of nitrogens with zero attached hydrogens (tertiary/aromatic N) is 2. The van der Waals surface area contributed by atoms with Crippen molar-refractivity contribution in [2.24, 2.45) is 0 Å². The Balaban J connectivity index is 0.000000141. The van der Waals surface area contributed by atoms with Gasteiger partial charge in [-0.3, -0.25) is 14.8 Å². The molecule has 98 valence electrons. The summed E-state index contributed by atoms with van der Waals surface area (Å²) >= 11 is 6.56. The summed E-state index contributed by atoms with van der Waals surface area (Å²) in [6.07, 6.45) is 7.83. The van der Waals surface area contributed by atoms with Crippen LogP contribution in [-0.2, 0) is 4.74 Å². The van der Waals surface area contributed by atoms with Gasteiger partial charge in [-0.15, -0.1) is 0 Å². The summed E-state index contributed by atoms with van der Waals surface area (Å²) < 4.78 is 6.89. The second-order valence-corrected chi connectivity index (χ2v) is 5.44. The molecular formula is C13H10Br2N2O2. The van der Waals surface area contributed by atoms with Crippen molar-refractivity contribution < 1.29 is 9.53 Å². The zero-order valence-electron chi connectivity index (χ0n) is 9.79. The zero-order chi connectivity index (χ0) is 13.7. The molecule has 0 aliphatic carbocycles. The molecule has 0 spiro atoms. The van der Waals surface area contributed by atoms with Crippen LogP contribution in [0.25, 0.3) is 0 Å². The Bertz CT molecular complexity index is 574. The molecule has 0 bridgehead atoms. The highest BCUT2D eigenvalue weighted by Crippen LogP contribution is 2.33. The average Bonchev–Trinajstić information content (AvgIpc) is 3.25. The predicted molar refractivity (Wildman–Crippen MR) is 78.0 cm³/mol. The number of pyridine rings is 2. The molecule has 2 aromatic heterocycles. The third-order valence-corrected chi connectivity index (χ3v) is 3.74. The first kappa shape index (κ1) is 14.3. The minimum absolute atomic E-state index is 0.317. The normalized spacial score (nSPS) is 16.2. The molecule has 1 saturated heterocycles. The number of epoxide rings is 1. The minimum atomic E-state index is 0.317. The van der Waals surface area contributed by atoms with Crippen molar-refractivity contribution >= 4 is 38.1 Å². The van der Waals surface area contributed by atoms with Crippen LogP contribution in [0.3, 0.4) is 0 Å². The van der Waals surface area contributed by atoms with E-state index < -0.39 is 0 Å². The number of hydrogen-bond acceptors (Lipinski definition) is 4. The van der Waals surface area contributed by atoms with Gasteiger partial charge in [0.05, 0.1) is 6.61 Å². The fourth-order valence-corrected chi connectivity index (χ4v) is 2.21. The molecule has 3 rings (SSSR count). The first-order chi connectivity index (χ1) is 9.22. The Morgan fingerprint density at radius 3 is 2.26 bits per heavy atom. The largest absolute Gasteiger partial charge is 0.368 e. The quantitative estimate of drug-likeness (QED) is 0.585. The van der Waals surface area contributed by atoms with E-state index in [1.807, 2.05) is 6.07 Å². The maximum atomic E-state index is 10.2. The highest BCUT2D eigenvalue weighted by Gasteiger charge is 2.26. The summed E-state index contributed by atoms with van der Waals surface area (Å²) in [7, 11) is 0. The lowest BCUT2D eigenvalue weighted by molar-refractivity contribution is 0.112. The maximum Gasteiger partial charge on any atom is 0.151 e. The summed E-state index contributed by atoms with van der Waals surface area (Å²) in [5, 5.41) is 0. The fraction of sp³-hybridized carbons (Fsp3) is 0.154. The van der Waals surface area contributed by atoms with Crippen molar-refractivity contribution in [3.05, 3.63) is 57.0 Å². The predicted octanol–water partition coefficient (Wildman–Crippen LogP) is 3.57. The number of rotatable bonds is 2. The molecular weight excluding hydrogens is 376 g/mol. The molecule has 1 atom stereocenters. The van der Waals surface area contributed by atoms with Gasteiger partial charge in [0.2, 0.25) is 0 Å². The van der Waals surface area contributed by atoms with E-state index in [-0.39, 0.29) is 0 Å². The standard InChI is InChI=1S/C7H6BrNO.C6H4BrNO/c8-6-3-9-2-1-5(6)7-4-10-7;7-6-3-8-2-1-5(6)4-9/h1-3,7H,4H2;1-4H. The van der Waals surface area contributed by atoms with Crippen LogP contribution in [0.2, 0.25) is 0 Å². The molecule has 0 N–H and O–H groups in total. The van der Waals surface area contributed by atoms with E-state index in [4.69, 9.17) is 4.74 Å². The summed E-state index contributed by atoms with van der Waals surface area (Å²) in [5.74, 6) is 0. The number of halogens is 2. The van der Waals surface area contributed by atoms with Gasteiger partial charge in [-0.05, 0) is 44.0 Å². The molecule has 19 heavy (non-hydrogen) atoms. The van der Waals surface area contributed by atoms with E-state index in [9.17, 15) is 4.79 Å². The van der Waals surface area contributed by atoms with Gasteiger partial charge in [0, 0.05) is 44.9 Å². The Morgan fingerprint density at radius 2 is 1.79 bits per heavy atom. The molecule has 1 unspecified atom stereocenters. The van der Waals surface area contributed by atoms with Crippen molar-refractivity contribution in [2.45, 2.75) is 6.10 Å². The molecule has 1 fully saturated rings. The van der Waals surface area contributed by atoms with Crippen molar-refractivity contribution in [1.82, 2.24) is 9.97 Å². The van der Waals surface area contributed by atoms with E-state index in [0.717, 1.165) is 21.8 Å². The first-order valence-corrected chi connectivity index (χ1v) is 7.06. The monoisotopic (exact) mass is 384 g/mol. The SMILES string of the molecule is Brc1cnccc1C1CO1.O=Cc1ccncc1Br. The van der Waals surface area contributed by atoms with E-state index in [1.165, 1.54) is 5.56 Å². The Morgan fingerprint density at radius 1 is 1.16 bits per heavy atom. The summed E-state index contributed by atoms with van der Waals surface area (Å²) in [4.78, 5) is 17.9. The van der Waals surface area contributed by atoms with Crippen LogP contribution in [0.5, 0.6) is 0 Å². The number of ether oxygens (including phenoxy) is 1. The number of carbonyl (C=O) groups excluding carboxylic acids is 1. The second kappa shape index (κ2) is 6.88. The molecule has 0 radical (unpaired) electrons. The molecule has 3 heterocycles. The third kappa shape index (κ3) is 4.19. The van der Waals surface area contributed by atoms with Crippen molar-refractivity contribution in [3.63, 3.8) is 0 Å². The first-order valence-electron chi connectivity index (χ1n) is 5.48. The molecule has 1 aliphatic rings. The van der Waals surface area contributed by atoms with Gasteiger partial charge in [0.1, 0.15) is 6.10 Å². The fourth-order valence-electron chi connectivity index (χ4n) is 1.36. The molecule has 0 aromatic carbocycles. The summed E-state index contributed by atoms with van der Waals surface area (Å²) in [5.41, 5.74) is 1.83. The van der Waals surface area contributed by atoms with E-state index in [2.05, 4.69) is 41.8 Å². The number of carbonyl (C=O) groups is 1. The molecule has 4 nitrogen and oxygen atoms in total. The molecule has 0 amide bonds. The lowest BCUT2D eigenvalue weighted by Crippen LogP contribution is -1.82. The second-order valence-electron chi connectivity index (χ2n) is 3.73. The van der Waals surface area contributed by atoms with Crippen LogP contribution < -0.4 is 0 Å². The van der Waals surface area contributed by atoms with Crippen molar-refractivity contribution in [2.75, 3.05) is 6.61 Å². The van der Waals surface area contributed by atoms with Gasteiger partial charge in [0.25, 0.3) is 0 Å². The van der Waals surface area contributed by atoms with Gasteiger partial charge >= 0.3 is 0 Å². The van der Waals surface area contributed by atoms with E-state index in [0.29, 0.717) is 11.7 Å². The van der Waals surface area contributed by atoms with Crippen LogP contribution in [0.4, 0.5) is 0 Å². The highest BCUT2D eigenvalue weighted by molar-refractivity contribution is 9.10. The van der Waals surface area contributed by atoms with Crippen LogP contribution in [-0.4, -0.2) is 22.9 Å². The lowest BCUT2D eigenvalue weighted by Gasteiger charge is -1.95. The summed E-state index contributed by atoms with van der Waals surface area (Å²) in [6, 6.07) is 3.62. The van der Waals surface area contributed by atoms with Gasteiger partial charge in [-0.2, -0.15) is 0 Å². The smallest absolute Gasteiger partial charge is 0.151 e. The van der Waals surface area contributed by atoms with E-state index in [1.54, 1.807) is 30.9 Å². The number of aromatic nitrogens is 2. The average molecular weight is 386 g/mol. The van der Waals surface area contributed by atoms with Gasteiger partial charge in [-0.1, -0.05) is 0 Å². The van der Waals surface area contributed by atoms with Crippen molar-refractivity contribution in [3.8, 4) is 0 Å². The highest BCUT2D eigenvalue weighted by atomic mass is 79.9. The van der Waals surface area contributed by atoms with Crippen LogP contribution in [0, 0.1) is 0 Å². The lowest BCUT2D eigenvalue weighted by atomic mass is 10.2. The van der Waals surface area contributed by atoms with E-state index >= 15 is 0 Å². The van der Waals surface area contributed by atoms with Crippen LogP contribution in [0.15, 0.2) is 45.9 Å². The van der Waals surface area contributed by atoms with Crippen LogP contribution in [0.1, 0.15) is 22.0 Å². The van der Waals surface area contributed by atoms with Crippen LogP contribution >= 0.6 is 31.9 Å². The van der Waals surface area contributed by atoms with Gasteiger partial charge in [0.15, 0.2) is 6.29 Å². The molecule has 0 saturated carbocycles. The molecule has 2 aromatic rings. The number of aldehydes is 1. The Hall–Kier alpha value is -1.11. The minimum Gasteiger partial charge on any atom is -0.368 e. The Labute approximate surface area is 127 Å². The maximum absolute atomic E-state index is 10.2. The number of hydrogen-bond donors (Lipinski definition) is 0. The Kier molecular flexibility index (Phi) is 5.18. The molecule has 1 aliphatic heterocycles. The van der Waals surface area contributed by atoms with Crippen molar-refractivity contribution in [1.29, 1.82) is 0 Å². The zero-order valence-corrected chi connectivity index (χ0v) is 13.0. The van der Waals surface area contributed by atoms with Gasteiger partial charge < -0.3 is 4.74 Å². The third-order valence-electron chi connectivity index (χ3n) is 2.41. The summed E-state index contributed by atoms with van der Waals surface area (Å²) in [6.45, 7) is 0.850. The van der Waals surface area contributed by atoms with Gasteiger partial charge in [-0.25, -0.2) is 0 Å². The molecule has 6 heteroatoms. The topological polar surface area (TPSA) is 55.4 Å².